The third-order valence-electron chi connectivity index (χ3n) is 2.80. The lowest BCUT2D eigenvalue weighted by atomic mass is 10.2. The summed E-state index contributed by atoms with van der Waals surface area (Å²) in [6, 6.07) is 8.43. The van der Waals surface area contributed by atoms with Crippen molar-refractivity contribution in [1.82, 2.24) is 9.55 Å². The van der Waals surface area contributed by atoms with E-state index in [2.05, 4.69) is 4.98 Å². The van der Waals surface area contributed by atoms with Crippen LogP contribution in [0.3, 0.4) is 0 Å². The molecular weight excluding hydrogens is 290 g/mol. The first kappa shape index (κ1) is 12.3. The number of imidazole rings is 1. The molecule has 0 saturated heterocycles. The van der Waals surface area contributed by atoms with Crippen molar-refractivity contribution in [3.63, 3.8) is 0 Å². The molecule has 0 fully saturated rings. The number of nitrogens with one attached hydrogen (secondary N) is 1. The maximum atomic E-state index is 14.0. The predicted molar refractivity (Wildman–Crippen MR) is 73.4 cm³/mol. The lowest BCUT2D eigenvalue weighted by molar-refractivity contribution is 0.617. The van der Waals surface area contributed by atoms with Crippen LogP contribution in [0.2, 0.25) is 5.02 Å². The third kappa shape index (κ3) is 2.05. The van der Waals surface area contributed by atoms with Gasteiger partial charge in [-0.3, -0.25) is 4.57 Å². The van der Waals surface area contributed by atoms with Crippen LogP contribution in [-0.2, 0) is 0 Å². The van der Waals surface area contributed by atoms with Crippen molar-refractivity contribution < 1.29 is 8.78 Å². The number of aromatic nitrogens is 2. The van der Waals surface area contributed by atoms with Crippen molar-refractivity contribution in [2.24, 2.45) is 0 Å². The summed E-state index contributed by atoms with van der Waals surface area (Å²) in [6.07, 6.45) is 0. The van der Waals surface area contributed by atoms with Crippen molar-refractivity contribution >= 4 is 34.9 Å². The average Bonchev–Trinajstić information content (AvgIpc) is 2.65. The predicted octanol–water partition coefficient (Wildman–Crippen LogP) is 4.62. The van der Waals surface area contributed by atoms with Gasteiger partial charge in [-0.15, -0.1) is 0 Å². The molecular formula is C13H7ClF2N2S. The van der Waals surface area contributed by atoms with E-state index in [9.17, 15) is 8.78 Å². The molecule has 0 bridgehead atoms. The molecule has 1 heterocycles. The number of benzene rings is 2. The molecule has 0 saturated carbocycles. The molecule has 6 heteroatoms. The monoisotopic (exact) mass is 296 g/mol. The fourth-order valence-electron chi connectivity index (χ4n) is 1.98. The largest absolute Gasteiger partial charge is 0.330 e. The molecule has 19 heavy (non-hydrogen) atoms. The molecule has 1 N–H and O–H groups in total. The Bertz CT molecular complexity index is 838. The molecule has 0 aliphatic rings. The topological polar surface area (TPSA) is 20.7 Å². The average molecular weight is 297 g/mol. The zero-order valence-corrected chi connectivity index (χ0v) is 11.0. The Labute approximate surface area is 117 Å². The molecule has 0 unspecified atom stereocenters. The molecule has 0 atom stereocenters. The van der Waals surface area contributed by atoms with E-state index < -0.39 is 11.6 Å². The van der Waals surface area contributed by atoms with Gasteiger partial charge in [0.05, 0.1) is 16.7 Å². The zero-order valence-electron chi connectivity index (χ0n) is 9.45. The van der Waals surface area contributed by atoms with Crippen LogP contribution in [0.1, 0.15) is 0 Å². The van der Waals surface area contributed by atoms with Crippen LogP contribution in [0.5, 0.6) is 0 Å². The SMILES string of the molecule is Fc1ccc2[nH]c(=S)n(-c3ccc(Cl)cc3F)c2c1. The second-order valence-electron chi connectivity index (χ2n) is 4.02. The van der Waals surface area contributed by atoms with Crippen molar-refractivity contribution in [2.75, 3.05) is 0 Å². The highest BCUT2D eigenvalue weighted by molar-refractivity contribution is 7.71. The van der Waals surface area contributed by atoms with E-state index in [1.807, 2.05) is 0 Å². The van der Waals surface area contributed by atoms with Gasteiger partial charge < -0.3 is 4.98 Å². The minimum atomic E-state index is -0.520. The smallest absolute Gasteiger partial charge is 0.182 e. The van der Waals surface area contributed by atoms with E-state index in [0.29, 0.717) is 20.8 Å². The van der Waals surface area contributed by atoms with Crippen molar-refractivity contribution in [2.45, 2.75) is 0 Å². The number of hydrogen-bond acceptors (Lipinski definition) is 1. The summed E-state index contributed by atoms with van der Waals surface area (Å²) in [5, 5.41) is 0.291. The summed E-state index contributed by atoms with van der Waals surface area (Å²) in [5.41, 5.74) is 1.35. The minimum Gasteiger partial charge on any atom is -0.330 e. The van der Waals surface area contributed by atoms with Gasteiger partial charge in [-0.2, -0.15) is 0 Å². The number of H-pyrrole nitrogens is 1. The second-order valence-corrected chi connectivity index (χ2v) is 4.85. The quantitative estimate of drug-likeness (QED) is 0.650. The number of nitrogens with zero attached hydrogens (tertiary/aromatic N) is 1. The van der Waals surface area contributed by atoms with E-state index in [-0.39, 0.29) is 5.69 Å². The van der Waals surface area contributed by atoms with Gasteiger partial charge in [0.15, 0.2) is 4.77 Å². The Hall–Kier alpha value is -1.72. The molecule has 0 aliphatic carbocycles. The van der Waals surface area contributed by atoms with E-state index in [1.165, 1.54) is 28.8 Å². The third-order valence-corrected chi connectivity index (χ3v) is 3.32. The maximum absolute atomic E-state index is 14.0. The Kier molecular flexibility index (Phi) is 2.88. The molecule has 1 aromatic heterocycles. The summed E-state index contributed by atoms with van der Waals surface area (Å²) in [5.74, 6) is -0.932. The van der Waals surface area contributed by atoms with Gasteiger partial charge in [0.25, 0.3) is 0 Å². The summed E-state index contributed by atoms with van der Waals surface area (Å²) in [7, 11) is 0. The Balaban J connectivity index is 2.38. The first-order valence-corrected chi connectivity index (χ1v) is 6.20. The lowest BCUT2D eigenvalue weighted by Crippen LogP contribution is -1.97. The molecule has 0 aliphatic heterocycles. The van der Waals surface area contributed by atoms with E-state index >= 15 is 0 Å². The first-order chi connectivity index (χ1) is 9.06. The molecule has 3 rings (SSSR count). The van der Waals surface area contributed by atoms with Crippen LogP contribution in [0.25, 0.3) is 16.7 Å². The van der Waals surface area contributed by atoms with Crippen molar-refractivity contribution in [1.29, 1.82) is 0 Å². The fraction of sp³-hybridized carbons (Fsp3) is 0. The Morgan fingerprint density at radius 1 is 1.11 bits per heavy atom. The molecule has 3 aromatic rings. The first-order valence-electron chi connectivity index (χ1n) is 5.42. The number of rotatable bonds is 1. The standard InChI is InChI=1S/C13H7ClF2N2S/c14-7-1-4-11(9(16)5-7)18-12-6-8(15)2-3-10(12)17-13(18)19/h1-6H,(H,17,19). The van der Waals surface area contributed by atoms with Crippen LogP contribution in [0.4, 0.5) is 8.78 Å². The summed E-state index contributed by atoms with van der Waals surface area (Å²) < 4.78 is 29.0. The van der Waals surface area contributed by atoms with Gasteiger partial charge in [0, 0.05) is 11.1 Å². The Morgan fingerprint density at radius 2 is 1.89 bits per heavy atom. The van der Waals surface area contributed by atoms with E-state index in [4.69, 9.17) is 23.8 Å². The number of aromatic amines is 1. The normalized spacial score (nSPS) is 11.1. The molecule has 0 radical (unpaired) electrons. The van der Waals surface area contributed by atoms with Crippen LogP contribution >= 0.6 is 23.8 Å². The highest BCUT2D eigenvalue weighted by Crippen LogP contribution is 2.24. The van der Waals surface area contributed by atoms with Gasteiger partial charge >= 0.3 is 0 Å². The second kappa shape index (κ2) is 4.43. The number of hydrogen-bond donors (Lipinski definition) is 1. The maximum Gasteiger partial charge on any atom is 0.182 e. The van der Waals surface area contributed by atoms with E-state index in [0.717, 1.165) is 0 Å². The fourth-order valence-corrected chi connectivity index (χ4v) is 2.44. The number of halogens is 3. The molecule has 2 aromatic carbocycles. The molecule has 96 valence electrons. The Morgan fingerprint density at radius 3 is 2.63 bits per heavy atom. The van der Waals surface area contributed by atoms with E-state index in [1.54, 1.807) is 12.1 Å². The van der Waals surface area contributed by atoms with Crippen molar-refractivity contribution in [3.05, 3.63) is 57.8 Å². The number of fused-ring (bicyclic) bond motifs is 1. The van der Waals surface area contributed by atoms with Gasteiger partial charge in [-0.05, 0) is 42.5 Å². The molecule has 2 nitrogen and oxygen atoms in total. The van der Waals surface area contributed by atoms with Gasteiger partial charge in [-0.25, -0.2) is 8.78 Å². The molecule has 0 amide bonds. The summed E-state index contributed by atoms with van der Waals surface area (Å²) in [4.78, 5) is 2.91. The summed E-state index contributed by atoms with van der Waals surface area (Å²) in [6.45, 7) is 0. The highest BCUT2D eigenvalue weighted by atomic mass is 35.5. The summed E-state index contributed by atoms with van der Waals surface area (Å²) >= 11 is 10.9. The van der Waals surface area contributed by atoms with Gasteiger partial charge in [0.2, 0.25) is 0 Å². The van der Waals surface area contributed by atoms with Crippen LogP contribution in [0, 0.1) is 16.4 Å². The highest BCUT2D eigenvalue weighted by Gasteiger charge is 2.11. The van der Waals surface area contributed by atoms with Crippen molar-refractivity contribution in [3.8, 4) is 5.69 Å². The lowest BCUT2D eigenvalue weighted by Gasteiger charge is -2.06. The van der Waals surface area contributed by atoms with Crippen LogP contribution in [0.15, 0.2) is 36.4 Å². The van der Waals surface area contributed by atoms with Gasteiger partial charge in [-0.1, -0.05) is 11.6 Å². The van der Waals surface area contributed by atoms with Gasteiger partial charge in [0.1, 0.15) is 11.6 Å². The zero-order chi connectivity index (χ0) is 13.6. The molecule has 0 spiro atoms. The van der Waals surface area contributed by atoms with Crippen LogP contribution < -0.4 is 0 Å². The van der Waals surface area contributed by atoms with Crippen LogP contribution in [-0.4, -0.2) is 9.55 Å². The minimum absolute atomic E-state index is 0.228.